The monoisotopic (exact) mass is 491 g/mol. The van der Waals surface area contributed by atoms with Crippen LogP contribution in [0.1, 0.15) is 18.2 Å². The van der Waals surface area contributed by atoms with Crippen molar-refractivity contribution in [2.45, 2.75) is 31.7 Å². The molecule has 1 aliphatic rings. The number of hydrogen-bond donors (Lipinski definition) is 0. The van der Waals surface area contributed by atoms with E-state index in [9.17, 15) is 14.5 Å². The van der Waals surface area contributed by atoms with Crippen LogP contribution < -0.4 is 4.74 Å². The van der Waals surface area contributed by atoms with Crippen molar-refractivity contribution in [1.82, 2.24) is 19.4 Å². The summed E-state index contributed by atoms with van der Waals surface area (Å²) in [5.41, 5.74) is 2.21. The zero-order chi connectivity index (χ0) is 23.4. The lowest BCUT2D eigenvalue weighted by atomic mass is 10.1. The third kappa shape index (κ3) is 6.21. The molecule has 0 saturated carbocycles. The number of ether oxygens (including phenoxy) is 1. The van der Waals surface area contributed by atoms with E-state index in [2.05, 4.69) is 21.8 Å². The molecule has 3 aromatic rings. The van der Waals surface area contributed by atoms with Gasteiger partial charge in [-0.15, -0.1) is 0 Å². The Kier molecular flexibility index (Phi) is 7.46. The quantitative estimate of drug-likeness (QED) is 0.309. The molecule has 2 aromatic heterocycles. The van der Waals surface area contributed by atoms with Gasteiger partial charge in [0.2, 0.25) is 5.88 Å². The Morgan fingerprint density at radius 3 is 2.79 bits per heavy atom. The number of halogens is 2. The summed E-state index contributed by atoms with van der Waals surface area (Å²) in [5, 5.41) is 11.3. The van der Waals surface area contributed by atoms with Gasteiger partial charge in [-0.25, -0.2) is 9.37 Å². The summed E-state index contributed by atoms with van der Waals surface area (Å²) in [5.74, 6) is 1.31. The minimum atomic E-state index is -0.543. The van der Waals surface area contributed by atoms with Crippen LogP contribution in [0, 0.1) is 15.9 Å². The lowest BCUT2D eigenvalue weighted by Gasteiger charge is -2.30. The number of nitro groups is 1. The first kappa shape index (κ1) is 23.5. The van der Waals surface area contributed by atoms with Crippen molar-refractivity contribution >= 4 is 29.2 Å². The highest BCUT2D eigenvalue weighted by Gasteiger charge is 2.21. The fraction of sp³-hybridized carbons (Fsp3) is 0.364. The van der Waals surface area contributed by atoms with E-state index in [1.54, 1.807) is 28.5 Å². The van der Waals surface area contributed by atoms with Crippen LogP contribution in [0.15, 0.2) is 42.6 Å². The molecule has 1 atom stereocenters. The predicted octanol–water partition coefficient (Wildman–Crippen LogP) is 4.95. The molecule has 1 aromatic carbocycles. The Hall–Kier alpha value is -2.69. The van der Waals surface area contributed by atoms with Gasteiger partial charge >= 0.3 is 11.1 Å². The Labute approximate surface area is 199 Å². The van der Waals surface area contributed by atoms with E-state index in [0.29, 0.717) is 23.4 Å². The van der Waals surface area contributed by atoms with Crippen LogP contribution in [0.4, 0.5) is 10.2 Å². The van der Waals surface area contributed by atoms with Crippen molar-refractivity contribution in [2.75, 3.05) is 18.8 Å². The summed E-state index contributed by atoms with van der Waals surface area (Å²) in [4.78, 5) is 21.0. The topological polar surface area (TPSA) is 86.3 Å². The van der Waals surface area contributed by atoms with Gasteiger partial charge in [0.25, 0.3) is 0 Å². The highest BCUT2D eigenvalue weighted by Crippen LogP contribution is 2.25. The SMILES string of the molecule is CC(CN1CCc2nc(Oc3ccc(F)cc3)ccc2C1)SCCn1cc([N+](=O)[O-])nc1Cl. The lowest BCUT2D eigenvalue weighted by Crippen LogP contribution is -2.35. The van der Waals surface area contributed by atoms with Gasteiger partial charge in [-0.1, -0.05) is 13.0 Å². The fourth-order valence-corrected chi connectivity index (χ4v) is 4.92. The number of fused-ring (bicyclic) bond motifs is 1. The summed E-state index contributed by atoms with van der Waals surface area (Å²) >= 11 is 7.77. The van der Waals surface area contributed by atoms with Gasteiger partial charge < -0.3 is 14.9 Å². The van der Waals surface area contributed by atoms with Crippen LogP contribution in [0.2, 0.25) is 5.28 Å². The maximum atomic E-state index is 13.1. The number of hydrogen-bond acceptors (Lipinski definition) is 7. The minimum Gasteiger partial charge on any atom is -0.439 e. The number of aromatic nitrogens is 3. The largest absolute Gasteiger partial charge is 0.439 e. The number of pyridine rings is 1. The number of aryl methyl sites for hydroxylation is 1. The fourth-order valence-electron chi connectivity index (χ4n) is 3.68. The minimum absolute atomic E-state index is 0.137. The summed E-state index contributed by atoms with van der Waals surface area (Å²) in [6, 6.07) is 9.77. The molecule has 174 valence electrons. The van der Waals surface area contributed by atoms with Crippen molar-refractivity contribution < 1.29 is 14.1 Å². The highest BCUT2D eigenvalue weighted by molar-refractivity contribution is 7.99. The van der Waals surface area contributed by atoms with E-state index < -0.39 is 4.92 Å². The lowest BCUT2D eigenvalue weighted by molar-refractivity contribution is -0.389. The van der Waals surface area contributed by atoms with Gasteiger partial charge in [0.15, 0.2) is 0 Å². The molecule has 0 bridgehead atoms. The summed E-state index contributed by atoms with van der Waals surface area (Å²) < 4.78 is 20.4. The summed E-state index contributed by atoms with van der Waals surface area (Å²) in [7, 11) is 0. The van der Waals surface area contributed by atoms with Gasteiger partial charge in [0.05, 0.1) is 5.69 Å². The molecule has 0 radical (unpaired) electrons. The van der Waals surface area contributed by atoms with E-state index in [1.165, 1.54) is 23.9 Å². The number of nitrogens with zero attached hydrogens (tertiary/aromatic N) is 5. The van der Waals surface area contributed by atoms with Gasteiger partial charge in [-0.2, -0.15) is 11.8 Å². The number of benzene rings is 1. The van der Waals surface area contributed by atoms with E-state index in [4.69, 9.17) is 16.3 Å². The molecule has 4 rings (SSSR count). The molecule has 0 amide bonds. The molecule has 8 nitrogen and oxygen atoms in total. The molecule has 3 heterocycles. The first-order chi connectivity index (χ1) is 15.9. The van der Waals surface area contributed by atoms with Crippen molar-refractivity contribution in [3.8, 4) is 11.6 Å². The molecule has 33 heavy (non-hydrogen) atoms. The van der Waals surface area contributed by atoms with Crippen LogP contribution >= 0.6 is 23.4 Å². The summed E-state index contributed by atoms with van der Waals surface area (Å²) in [6.45, 7) is 5.40. The molecule has 0 N–H and O–H groups in total. The van der Waals surface area contributed by atoms with E-state index in [0.717, 1.165) is 37.5 Å². The Bertz CT molecular complexity index is 1130. The van der Waals surface area contributed by atoms with Gasteiger partial charge in [-0.05, 0) is 51.3 Å². The number of rotatable bonds is 9. The third-order valence-electron chi connectivity index (χ3n) is 5.29. The van der Waals surface area contributed by atoms with Crippen LogP contribution in [-0.4, -0.2) is 48.5 Å². The second-order valence-corrected chi connectivity index (χ2v) is 9.68. The first-order valence-corrected chi connectivity index (χ1v) is 11.9. The molecule has 1 aliphatic heterocycles. The Balaban J connectivity index is 1.25. The Morgan fingerprint density at radius 2 is 2.06 bits per heavy atom. The molecule has 0 spiro atoms. The van der Waals surface area contributed by atoms with Crippen molar-refractivity contribution in [2.24, 2.45) is 0 Å². The predicted molar refractivity (Wildman–Crippen MR) is 126 cm³/mol. The van der Waals surface area contributed by atoms with Crippen LogP contribution in [0.3, 0.4) is 0 Å². The first-order valence-electron chi connectivity index (χ1n) is 10.5. The number of thioether (sulfide) groups is 1. The van der Waals surface area contributed by atoms with Crippen molar-refractivity contribution in [1.29, 1.82) is 0 Å². The van der Waals surface area contributed by atoms with Crippen LogP contribution in [-0.2, 0) is 19.5 Å². The second kappa shape index (κ2) is 10.5. The standard InChI is InChI=1S/C22H23ClFN5O3S/c1-15(33-11-10-28-14-20(29(30)31)26-22(28)23)12-27-9-8-19-16(13-27)2-7-21(25-19)32-18-5-3-17(24)4-6-18/h2-7,14-15H,8-13H2,1H3. The van der Waals surface area contributed by atoms with E-state index >= 15 is 0 Å². The smallest absolute Gasteiger partial charge is 0.383 e. The van der Waals surface area contributed by atoms with Crippen LogP contribution in [0.5, 0.6) is 11.6 Å². The zero-order valence-corrected chi connectivity index (χ0v) is 19.6. The third-order valence-corrected chi connectivity index (χ3v) is 6.73. The van der Waals surface area contributed by atoms with Crippen molar-refractivity contribution in [3.63, 3.8) is 0 Å². The van der Waals surface area contributed by atoms with Crippen LogP contribution in [0.25, 0.3) is 0 Å². The van der Waals surface area contributed by atoms with Gasteiger partial charge in [0.1, 0.15) is 17.8 Å². The average molecular weight is 492 g/mol. The maximum Gasteiger partial charge on any atom is 0.383 e. The molecule has 0 saturated heterocycles. The Morgan fingerprint density at radius 1 is 1.27 bits per heavy atom. The van der Waals surface area contributed by atoms with Crippen molar-refractivity contribution in [3.05, 3.63) is 75.1 Å². The molecule has 11 heteroatoms. The molecule has 0 aliphatic carbocycles. The van der Waals surface area contributed by atoms with Gasteiger partial charge in [-0.3, -0.25) is 9.47 Å². The zero-order valence-electron chi connectivity index (χ0n) is 18.0. The second-order valence-electron chi connectivity index (χ2n) is 7.80. The van der Waals surface area contributed by atoms with E-state index in [-0.39, 0.29) is 16.9 Å². The van der Waals surface area contributed by atoms with Gasteiger partial charge in [0, 0.05) is 49.7 Å². The molecular formula is C22H23ClFN5O3S. The average Bonchev–Trinajstić information content (AvgIpc) is 3.16. The maximum absolute atomic E-state index is 13.1. The molecule has 1 unspecified atom stereocenters. The highest BCUT2D eigenvalue weighted by atomic mass is 35.5. The summed E-state index contributed by atoms with van der Waals surface area (Å²) in [6.07, 6.45) is 2.21. The normalized spacial score (nSPS) is 14.6. The molecule has 0 fully saturated rings. The number of imidazole rings is 1. The van der Waals surface area contributed by atoms with E-state index in [1.807, 2.05) is 12.1 Å². The molecular weight excluding hydrogens is 469 g/mol.